The molecule has 61 heavy (non-hydrogen) atoms. The van der Waals surface area contributed by atoms with E-state index in [-0.39, 0.29) is 0 Å². The van der Waals surface area contributed by atoms with Gasteiger partial charge in [0.25, 0.3) is 0 Å². The molecule has 0 saturated carbocycles. The minimum absolute atomic E-state index is 0.503. The summed E-state index contributed by atoms with van der Waals surface area (Å²) in [5.74, 6) is 0. The van der Waals surface area contributed by atoms with Gasteiger partial charge in [-0.1, -0.05) is 200 Å². The molecule has 0 radical (unpaired) electrons. The Morgan fingerprint density at radius 1 is 0.361 bits per heavy atom. The molecule has 1 aliphatic rings. The van der Waals surface area contributed by atoms with Crippen molar-refractivity contribution in [3.05, 3.63) is 259 Å². The summed E-state index contributed by atoms with van der Waals surface area (Å²) in [7, 11) is 0. The molecule has 1 aliphatic carbocycles. The molecule has 0 unspecified atom stereocenters. The van der Waals surface area contributed by atoms with Gasteiger partial charge in [0.15, 0.2) is 0 Å². The summed E-state index contributed by atoms with van der Waals surface area (Å²) in [6.07, 6.45) is 0. The molecule has 11 aromatic rings. The van der Waals surface area contributed by atoms with Gasteiger partial charge in [-0.05, 0) is 86.3 Å². The molecule has 10 aromatic carbocycles. The molecule has 0 atom stereocenters. The molecule has 0 bridgehead atoms. The Kier molecular flexibility index (Phi) is 8.11. The summed E-state index contributed by atoms with van der Waals surface area (Å²) in [4.78, 5) is 2.48. The molecule has 0 saturated heterocycles. The van der Waals surface area contributed by atoms with Gasteiger partial charge in [0.05, 0.1) is 16.8 Å². The number of fused-ring (bicyclic) bond motifs is 7. The van der Waals surface area contributed by atoms with Crippen LogP contribution in [0.1, 0.15) is 22.3 Å². The van der Waals surface area contributed by atoms with E-state index in [9.17, 15) is 0 Å². The summed E-state index contributed by atoms with van der Waals surface area (Å²) in [5, 5.41) is 4.64. The van der Waals surface area contributed by atoms with E-state index in [2.05, 4.69) is 241 Å². The van der Waals surface area contributed by atoms with Gasteiger partial charge in [-0.25, -0.2) is 0 Å². The maximum atomic E-state index is 6.54. The van der Waals surface area contributed by atoms with E-state index in [0.29, 0.717) is 0 Å². The number of benzene rings is 10. The average Bonchev–Trinajstić information content (AvgIpc) is 3.87. The highest BCUT2D eigenvalue weighted by atomic mass is 16.3. The van der Waals surface area contributed by atoms with E-state index in [0.717, 1.165) is 61.3 Å². The van der Waals surface area contributed by atoms with Crippen molar-refractivity contribution in [3.8, 4) is 33.4 Å². The fourth-order valence-corrected chi connectivity index (χ4v) is 10.1. The first-order chi connectivity index (χ1) is 30.3. The van der Waals surface area contributed by atoms with Gasteiger partial charge in [-0.15, -0.1) is 0 Å². The van der Waals surface area contributed by atoms with Crippen LogP contribution in [0.25, 0.3) is 66.1 Å². The molecule has 0 amide bonds. The molecule has 0 spiro atoms. The number of hydrogen-bond acceptors (Lipinski definition) is 2. The minimum Gasteiger partial charge on any atom is -0.455 e. The Balaban J connectivity index is 1.05. The number of hydrogen-bond donors (Lipinski definition) is 0. The maximum absolute atomic E-state index is 6.54. The normalized spacial score (nSPS) is 12.7. The van der Waals surface area contributed by atoms with E-state index in [4.69, 9.17) is 4.42 Å². The molecule has 286 valence electrons. The van der Waals surface area contributed by atoms with Crippen LogP contribution >= 0.6 is 0 Å². The highest BCUT2D eigenvalue weighted by Gasteiger charge is 2.47. The van der Waals surface area contributed by atoms with Crippen LogP contribution in [-0.2, 0) is 5.41 Å². The molecule has 2 heteroatoms. The maximum Gasteiger partial charge on any atom is 0.143 e. The standard InChI is InChI=1S/C59H39NO/c1-4-17-42(18-5-1)48-27-15-28-49-51-39-43(35-38-56(51)61-58(48)49)40-33-36-46(37-34-40)60(54-31-14-20-41-19-10-11-25-47(41)54)55-32-16-30-53-57(55)50-26-12-13-29-52(50)59(53,44-21-6-2-7-22-44)45-23-8-3-9-24-45/h1-39H. The zero-order valence-electron chi connectivity index (χ0n) is 33.4. The second kappa shape index (κ2) is 14.1. The molecular weight excluding hydrogens is 739 g/mol. The van der Waals surface area contributed by atoms with Gasteiger partial charge in [0.2, 0.25) is 0 Å². The average molecular weight is 778 g/mol. The zero-order valence-corrected chi connectivity index (χ0v) is 33.4. The van der Waals surface area contributed by atoms with Gasteiger partial charge in [-0.2, -0.15) is 0 Å². The fraction of sp³-hybridized carbons (Fsp3) is 0.0169. The lowest BCUT2D eigenvalue weighted by Crippen LogP contribution is -2.28. The van der Waals surface area contributed by atoms with Gasteiger partial charge in [-0.3, -0.25) is 0 Å². The first-order valence-corrected chi connectivity index (χ1v) is 21.0. The van der Waals surface area contributed by atoms with Crippen molar-refractivity contribution < 1.29 is 4.42 Å². The van der Waals surface area contributed by atoms with E-state index in [1.54, 1.807) is 0 Å². The van der Waals surface area contributed by atoms with Crippen molar-refractivity contribution in [2.45, 2.75) is 5.41 Å². The van der Waals surface area contributed by atoms with Gasteiger partial charge < -0.3 is 9.32 Å². The Hall–Kier alpha value is -7.94. The van der Waals surface area contributed by atoms with Crippen molar-refractivity contribution in [1.29, 1.82) is 0 Å². The molecule has 1 heterocycles. The van der Waals surface area contributed by atoms with E-state index in [1.807, 2.05) is 0 Å². The van der Waals surface area contributed by atoms with Crippen molar-refractivity contribution in [3.63, 3.8) is 0 Å². The number of furan rings is 1. The van der Waals surface area contributed by atoms with Crippen LogP contribution in [-0.4, -0.2) is 0 Å². The summed E-state index contributed by atoms with van der Waals surface area (Å²) < 4.78 is 6.54. The number of rotatable bonds is 7. The highest BCUT2D eigenvalue weighted by molar-refractivity contribution is 6.11. The zero-order chi connectivity index (χ0) is 40.3. The van der Waals surface area contributed by atoms with Crippen LogP contribution in [0, 0.1) is 0 Å². The number of anilines is 3. The van der Waals surface area contributed by atoms with Gasteiger partial charge >= 0.3 is 0 Å². The first kappa shape index (κ1) is 35.0. The van der Waals surface area contributed by atoms with Crippen molar-refractivity contribution >= 4 is 49.8 Å². The van der Waals surface area contributed by atoms with Crippen molar-refractivity contribution in [1.82, 2.24) is 0 Å². The lowest BCUT2D eigenvalue weighted by atomic mass is 9.68. The van der Waals surface area contributed by atoms with Crippen LogP contribution < -0.4 is 4.90 Å². The van der Waals surface area contributed by atoms with Crippen LogP contribution in [0.2, 0.25) is 0 Å². The molecule has 1 aromatic heterocycles. The molecule has 0 aliphatic heterocycles. The summed E-state index contributed by atoms with van der Waals surface area (Å²) in [6.45, 7) is 0. The highest BCUT2D eigenvalue weighted by Crippen LogP contribution is 2.59. The second-order valence-corrected chi connectivity index (χ2v) is 16.0. The van der Waals surface area contributed by atoms with Crippen molar-refractivity contribution in [2.75, 3.05) is 4.90 Å². The first-order valence-electron chi connectivity index (χ1n) is 21.0. The topological polar surface area (TPSA) is 16.4 Å². The molecule has 0 N–H and O–H groups in total. The van der Waals surface area contributed by atoms with Crippen LogP contribution in [0.4, 0.5) is 17.1 Å². The molecule has 0 fully saturated rings. The molecular formula is C59H39NO. The summed E-state index contributed by atoms with van der Waals surface area (Å²) in [6, 6.07) is 86.0. The predicted octanol–water partition coefficient (Wildman–Crippen LogP) is 15.9. The van der Waals surface area contributed by atoms with Crippen LogP contribution in [0.15, 0.2) is 241 Å². The summed E-state index contributed by atoms with van der Waals surface area (Å²) >= 11 is 0. The SMILES string of the molecule is c1ccc(-c2cccc3c2oc2ccc(-c4ccc(N(c5cccc6c5-c5ccccc5C6(c5ccccc5)c5ccccc5)c5cccc6ccccc56)cc4)cc23)cc1. The summed E-state index contributed by atoms with van der Waals surface area (Å²) in [5.41, 5.74) is 16.8. The monoisotopic (exact) mass is 777 g/mol. The Morgan fingerprint density at radius 2 is 0.934 bits per heavy atom. The lowest BCUT2D eigenvalue weighted by molar-refractivity contribution is 0.670. The van der Waals surface area contributed by atoms with Crippen LogP contribution in [0.3, 0.4) is 0 Å². The van der Waals surface area contributed by atoms with Gasteiger partial charge in [0.1, 0.15) is 11.2 Å². The van der Waals surface area contributed by atoms with E-state index >= 15 is 0 Å². The number of nitrogens with zero attached hydrogens (tertiary/aromatic N) is 1. The predicted molar refractivity (Wildman–Crippen MR) is 254 cm³/mol. The van der Waals surface area contributed by atoms with E-state index in [1.165, 1.54) is 44.2 Å². The third kappa shape index (κ3) is 5.43. The second-order valence-electron chi connectivity index (χ2n) is 16.0. The largest absolute Gasteiger partial charge is 0.455 e. The fourth-order valence-electron chi connectivity index (χ4n) is 10.1. The Morgan fingerprint density at radius 3 is 1.72 bits per heavy atom. The Labute approximate surface area is 355 Å². The molecule has 2 nitrogen and oxygen atoms in total. The number of para-hydroxylation sites is 1. The van der Waals surface area contributed by atoms with Crippen molar-refractivity contribution in [2.24, 2.45) is 0 Å². The quantitative estimate of drug-likeness (QED) is 0.160. The third-order valence-corrected chi connectivity index (χ3v) is 12.7. The van der Waals surface area contributed by atoms with Gasteiger partial charge in [0, 0.05) is 33.0 Å². The Bertz CT molecular complexity index is 3360. The third-order valence-electron chi connectivity index (χ3n) is 12.7. The van der Waals surface area contributed by atoms with E-state index < -0.39 is 5.41 Å². The molecule has 12 rings (SSSR count). The van der Waals surface area contributed by atoms with Crippen LogP contribution in [0.5, 0.6) is 0 Å². The lowest BCUT2D eigenvalue weighted by Gasteiger charge is -2.34. The smallest absolute Gasteiger partial charge is 0.143 e. The minimum atomic E-state index is -0.503.